The van der Waals surface area contributed by atoms with Crippen LogP contribution in [-0.4, -0.2) is 37.6 Å². The van der Waals surface area contributed by atoms with Gasteiger partial charge in [-0.15, -0.1) is 0 Å². The summed E-state index contributed by atoms with van der Waals surface area (Å²) in [5.74, 6) is 0.775. The second kappa shape index (κ2) is 4.83. The van der Waals surface area contributed by atoms with Crippen LogP contribution in [0.4, 0.5) is 0 Å². The fourth-order valence-corrected chi connectivity index (χ4v) is 1.78. The molecule has 2 nitrogen and oxygen atoms in total. The van der Waals surface area contributed by atoms with E-state index in [0.717, 1.165) is 18.5 Å². The quantitative estimate of drug-likeness (QED) is 0.684. The molecule has 1 N–H and O–H groups in total. The van der Waals surface area contributed by atoms with Gasteiger partial charge in [-0.25, -0.2) is 0 Å². The third-order valence-electron chi connectivity index (χ3n) is 2.60. The number of likely N-dealkylation sites (N-methyl/N-ethyl adjacent to an activating group) is 1. The maximum absolute atomic E-state index is 3.52. The minimum Gasteiger partial charge on any atom is -0.315 e. The highest BCUT2D eigenvalue weighted by Gasteiger charge is 2.19. The lowest BCUT2D eigenvalue weighted by Crippen LogP contribution is -2.36. The molecule has 1 heterocycles. The average Bonchev–Trinajstić information content (AvgIpc) is 2.36. The van der Waals surface area contributed by atoms with Gasteiger partial charge in [-0.05, 0) is 38.9 Å². The number of rotatable bonds is 4. The summed E-state index contributed by atoms with van der Waals surface area (Å²) in [6.07, 6.45) is 2.76. The number of nitrogens with one attached hydrogen (secondary N) is 1. The zero-order valence-corrected chi connectivity index (χ0v) is 8.64. The van der Waals surface area contributed by atoms with Crippen molar-refractivity contribution in [2.75, 3.05) is 26.7 Å². The van der Waals surface area contributed by atoms with Crippen molar-refractivity contribution in [1.82, 2.24) is 10.2 Å². The molecule has 72 valence electrons. The standard InChI is InChI=1S/C10H22N2/c1-9(2)7-11-8-10-5-4-6-12(10)3/h9-11H,4-8H2,1-3H3/t10-/m1/s1. The third kappa shape index (κ3) is 3.11. The Bertz CT molecular complexity index is 123. The second-order valence-electron chi connectivity index (χ2n) is 4.33. The first-order chi connectivity index (χ1) is 5.70. The van der Waals surface area contributed by atoms with Crippen molar-refractivity contribution in [3.63, 3.8) is 0 Å². The molecule has 1 fully saturated rings. The van der Waals surface area contributed by atoms with Crippen LogP contribution < -0.4 is 5.32 Å². The first-order valence-corrected chi connectivity index (χ1v) is 5.11. The predicted octanol–water partition coefficient (Wildman–Crippen LogP) is 1.33. The Balaban J connectivity index is 2.06. The molecule has 2 heteroatoms. The molecular formula is C10H22N2. The number of hydrogen-bond donors (Lipinski definition) is 1. The summed E-state index contributed by atoms with van der Waals surface area (Å²) in [7, 11) is 2.23. The molecule has 0 unspecified atom stereocenters. The summed E-state index contributed by atoms with van der Waals surface area (Å²) in [4.78, 5) is 2.47. The Labute approximate surface area is 76.3 Å². The SMILES string of the molecule is CC(C)CNC[C@H]1CCCN1C. The van der Waals surface area contributed by atoms with E-state index in [9.17, 15) is 0 Å². The lowest BCUT2D eigenvalue weighted by atomic mass is 10.2. The molecule has 1 rings (SSSR count). The van der Waals surface area contributed by atoms with Crippen molar-refractivity contribution >= 4 is 0 Å². The highest BCUT2D eigenvalue weighted by atomic mass is 15.2. The van der Waals surface area contributed by atoms with Crippen LogP contribution in [0.5, 0.6) is 0 Å². The van der Waals surface area contributed by atoms with Crippen molar-refractivity contribution in [2.45, 2.75) is 32.7 Å². The van der Waals surface area contributed by atoms with Gasteiger partial charge in [-0.2, -0.15) is 0 Å². The Morgan fingerprint density at radius 2 is 2.25 bits per heavy atom. The van der Waals surface area contributed by atoms with Crippen LogP contribution in [0.1, 0.15) is 26.7 Å². The summed E-state index contributed by atoms with van der Waals surface area (Å²) in [5, 5.41) is 3.52. The molecule has 0 bridgehead atoms. The zero-order valence-electron chi connectivity index (χ0n) is 8.64. The zero-order chi connectivity index (χ0) is 8.97. The minimum atomic E-state index is 0.775. The van der Waals surface area contributed by atoms with Crippen LogP contribution in [0.25, 0.3) is 0 Å². The molecule has 1 atom stereocenters. The Hall–Kier alpha value is -0.0800. The van der Waals surface area contributed by atoms with Crippen molar-refractivity contribution < 1.29 is 0 Å². The summed E-state index contributed by atoms with van der Waals surface area (Å²) in [6.45, 7) is 8.13. The van der Waals surface area contributed by atoms with E-state index in [-0.39, 0.29) is 0 Å². The molecule has 12 heavy (non-hydrogen) atoms. The molecule has 0 aromatic rings. The molecule has 0 aromatic carbocycles. The molecule has 0 spiro atoms. The Kier molecular flexibility index (Phi) is 4.02. The molecule has 1 aliphatic heterocycles. The molecule has 0 aromatic heterocycles. The van der Waals surface area contributed by atoms with Gasteiger partial charge in [-0.3, -0.25) is 0 Å². The second-order valence-corrected chi connectivity index (χ2v) is 4.33. The summed E-state index contributed by atoms with van der Waals surface area (Å²) in [6, 6.07) is 0.795. The third-order valence-corrected chi connectivity index (χ3v) is 2.60. The van der Waals surface area contributed by atoms with Crippen molar-refractivity contribution in [2.24, 2.45) is 5.92 Å². The first kappa shape index (κ1) is 10.0. The number of hydrogen-bond acceptors (Lipinski definition) is 2. The average molecular weight is 170 g/mol. The lowest BCUT2D eigenvalue weighted by Gasteiger charge is -2.20. The Morgan fingerprint density at radius 1 is 1.50 bits per heavy atom. The van der Waals surface area contributed by atoms with Gasteiger partial charge in [0.05, 0.1) is 0 Å². The smallest absolute Gasteiger partial charge is 0.0218 e. The van der Waals surface area contributed by atoms with E-state index >= 15 is 0 Å². The van der Waals surface area contributed by atoms with Crippen LogP contribution in [0.2, 0.25) is 0 Å². The maximum atomic E-state index is 3.52. The van der Waals surface area contributed by atoms with Gasteiger partial charge in [0.15, 0.2) is 0 Å². The number of nitrogens with zero attached hydrogens (tertiary/aromatic N) is 1. The van der Waals surface area contributed by atoms with E-state index < -0.39 is 0 Å². The largest absolute Gasteiger partial charge is 0.315 e. The minimum absolute atomic E-state index is 0.775. The van der Waals surface area contributed by atoms with Crippen LogP contribution in [0, 0.1) is 5.92 Å². The van der Waals surface area contributed by atoms with Crippen LogP contribution >= 0.6 is 0 Å². The highest BCUT2D eigenvalue weighted by Crippen LogP contribution is 2.13. The fourth-order valence-electron chi connectivity index (χ4n) is 1.78. The van der Waals surface area contributed by atoms with E-state index in [0.29, 0.717) is 0 Å². The van der Waals surface area contributed by atoms with Gasteiger partial charge in [-0.1, -0.05) is 13.8 Å². The van der Waals surface area contributed by atoms with E-state index in [4.69, 9.17) is 0 Å². The van der Waals surface area contributed by atoms with E-state index in [1.807, 2.05) is 0 Å². The number of likely N-dealkylation sites (tertiary alicyclic amines) is 1. The van der Waals surface area contributed by atoms with Gasteiger partial charge in [0.1, 0.15) is 0 Å². The molecule has 0 radical (unpaired) electrons. The predicted molar refractivity (Wildman–Crippen MR) is 53.4 cm³/mol. The van der Waals surface area contributed by atoms with Gasteiger partial charge in [0.25, 0.3) is 0 Å². The molecule has 0 aliphatic carbocycles. The molecule has 0 saturated carbocycles. The van der Waals surface area contributed by atoms with E-state index in [1.165, 1.54) is 25.9 Å². The van der Waals surface area contributed by atoms with Crippen molar-refractivity contribution in [3.8, 4) is 0 Å². The molecule has 1 aliphatic rings. The van der Waals surface area contributed by atoms with E-state index in [2.05, 4.69) is 31.1 Å². The van der Waals surface area contributed by atoms with E-state index in [1.54, 1.807) is 0 Å². The van der Waals surface area contributed by atoms with Crippen LogP contribution in [0.15, 0.2) is 0 Å². The summed E-state index contributed by atoms with van der Waals surface area (Å²) < 4.78 is 0. The fraction of sp³-hybridized carbons (Fsp3) is 1.00. The Morgan fingerprint density at radius 3 is 2.75 bits per heavy atom. The monoisotopic (exact) mass is 170 g/mol. The summed E-state index contributed by atoms with van der Waals surface area (Å²) in [5.41, 5.74) is 0. The van der Waals surface area contributed by atoms with Gasteiger partial charge in [0, 0.05) is 12.6 Å². The maximum Gasteiger partial charge on any atom is 0.0218 e. The highest BCUT2D eigenvalue weighted by molar-refractivity contribution is 4.78. The lowest BCUT2D eigenvalue weighted by molar-refractivity contribution is 0.297. The first-order valence-electron chi connectivity index (χ1n) is 5.11. The van der Waals surface area contributed by atoms with Gasteiger partial charge in [0.2, 0.25) is 0 Å². The molecule has 0 amide bonds. The van der Waals surface area contributed by atoms with Gasteiger partial charge < -0.3 is 10.2 Å². The van der Waals surface area contributed by atoms with Crippen LogP contribution in [0.3, 0.4) is 0 Å². The topological polar surface area (TPSA) is 15.3 Å². The van der Waals surface area contributed by atoms with Gasteiger partial charge >= 0.3 is 0 Å². The van der Waals surface area contributed by atoms with Crippen molar-refractivity contribution in [1.29, 1.82) is 0 Å². The van der Waals surface area contributed by atoms with Crippen molar-refractivity contribution in [3.05, 3.63) is 0 Å². The summed E-state index contributed by atoms with van der Waals surface area (Å²) >= 11 is 0. The molecule has 1 saturated heterocycles. The molecular weight excluding hydrogens is 148 g/mol. The van der Waals surface area contributed by atoms with Crippen LogP contribution in [-0.2, 0) is 0 Å². The normalized spacial score (nSPS) is 25.5.